The third kappa shape index (κ3) is 3.51. The van der Waals surface area contributed by atoms with Crippen LogP contribution in [0.3, 0.4) is 0 Å². The molecule has 7 nitrogen and oxygen atoms in total. The van der Waals surface area contributed by atoms with Crippen molar-refractivity contribution in [3.63, 3.8) is 0 Å². The third-order valence-corrected chi connectivity index (χ3v) is 6.16. The first-order valence-corrected chi connectivity index (χ1v) is 11.0. The molecule has 4 aromatic rings. The van der Waals surface area contributed by atoms with Crippen LogP contribution in [0.15, 0.2) is 69.0 Å². The Morgan fingerprint density at radius 3 is 2.39 bits per heavy atom. The van der Waals surface area contributed by atoms with Crippen LogP contribution < -0.4 is 27.6 Å². The number of pyridine rings is 1. The summed E-state index contributed by atoms with van der Waals surface area (Å²) < 4.78 is 4.15. The first-order chi connectivity index (χ1) is 15.9. The maximum atomic E-state index is 13.7. The molecule has 1 saturated carbocycles. The third-order valence-electron chi connectivity index (χ3n) is 6.16. The molecule has 5 rings (SSSR count). The average Bonchev–Trinajstić information content (AvgIpc) is 3.64. The van der Waals surface area contributed by atoms with E-state index in [-0.39, 0.29) is 17.2 Å². The number of anilines is 2. The number of fused-ring (bicyclic) bond motifs is 1. The van der Waals surface area contributed by atoms with Gasteiger partial charge in [-0.05, 0) is 43.0 Å². The predicted molar refractivity (Wildman–Crippen MR) is 132 cm³/mol. The SMILES string of the molecule is [B]c1ccc(Nc2cc(=O)n(C)c3c2c(=O)n(C2CC2)c(=O)n3-c2ccccc2)c(CC)c1. The lowest BCUT2D eigenvalue weighted by Gasteiger charge is -2.19. The van der Waals surface area contributed by atoms with Gasteiger partial charge in [0.05, 0.1) is 11.4 Å². The normalized spacial score (nSPS) is 13.4. The lowest BCUT2D eigenvalue weighted by molar-refractivity contribution is 0.637. The Labute approximate surface area is 191 Å². The fourth-order valence-electron chi connectivity index (χ4n) is 4.30. The number of hydrogen-bond acceptors (Lipinski definition) is 4. The van der Waals surface area contributed by atoms with Crippen molar-refractivity contribution in [1.29, 1.82) is 0 Å². The Kier molecular flexibility index (Phi) is 5.08. The number of benzene rings is 2. The quantitative estimate of drug-likeness (QED) is 0.485. The molecule has 2 aromatic carbocycles. The number of nitrogens with one attached hydrogen (secondary N) is 1. The minimum absolute atomic E-state index is 0.128. The van der Waals surface area contributed by atoms with Crippen molar-refractivity contribution in [1.82, 2.24) is 13.7 Å². The summed E-state index contributed by atoms with van der Waals surface area (Å²) in [6.45, 7) is 2.01. The van der Waals surface area contributed by atoms with Crippen molar-refractivity contribution in [3.05, 3.63) is 91.4 Å². The molecule has 0 atom stereocenters. The predicted octanol–water partition coefficient (Wildman–Crippen LogP) is 2.29. The zero-order chi connectivity index (χ0) is 23.3. The summed E-state index contributed by atoms with van der Waals surface area (Å²) >= 11 is 0. The summed E-state index contributed by atoms with van der Waals surface area (Å²) in [7, 11) is 7.52. The molecule has 0 saturated heterocycles. The highest BCUT2D eigenvalue weighted by Gasteiger charge is 2.30. The van der Waals surface area contributed by atoms with Gasteiger partial charge in [-0.15, -0.1) is 0 Å². The van der Waals surface area contributed by atoms with E-state index in [0.29, 0.717) is 22.2 Å². The lowest BCUT2D eigenvalue weighted by atomic mass is 9.93. The van der Waals surface area contributed by atoms with Gasteiger partial charge in [0.15, 0.2) is 0 Å². The summed E-state index contributed by atoms with van der Waals surface area (Å²) in [5.41, 5.74) is 2.43. The second-order valence-corrected chi connectivity index (χ2v) is 8.41. The van der Waals surface area contributed by atoms with Crippen LogP contribution in [-0.4, -0.2) is 21.5 Å². The molecule has 1 aliphatic carbocycles. The highest BCUT2D eigenvalue weighted by atomic mass is 16.2. The fourth-order valence-corrected chi connectivity index (χ4v) is 4.30. The Balaban J connectivity index is 1.89. The molecule has 0 bridgehead atoms. The minimum Gasteiger partial charge on any atom is -0.354 e. The van der Waals surface area contributed by atoms with E-state index in [1.807, 2.05) is 37.3 Å². The fraction of sp³-hybridized carbons (Fsp3) is 0.240. The summed E-state index contributed by atoms with van der Waals surface area (Å²) in [6.07, 6.45) is 2.28. The van der Waals surface area contributed by atoms with Crippen molar-refractivity contribution in [2.45, 2.75) is 32.2 Å². The van der Waals surface area contributed by atoms with Crippen LogP contribution in [0.25, 0.3) is 16.7 Å². The van der Waals surface area contributed by atoms with E-state index >= 15 is 0 Å². The zero-order valence-corrected chi connectivity index (χ0v) is 18.5. The number of nitrogens with zero attached hydrogens (tertiary/aromatic N) is 3. The largest absolute Gasteiger partial charge is 0.354 e. The van der Waals surface area contributed by atoms with Crippen molar-refractivity contribution in [2.24, 2.45) is 7.05 Å². The smallest absolute Gasteiger partial charge is 0.337 e. The van der Waals surface area contributed by atoms with Gasteiger partial charge in [-0.3, -0.25) is 18.7 Å². The van der Waals surface area contributed by atoms with Crippen molar-refractivity contribution in [2.75, 3.05) is 5.32 Å². The van der Waals surface area contributed by atoms with Gasteiger partial charge >= 0.3 is 5.69 Å². The Bertz CT molecular complexity index is 1560. The van der Waals surface area contributed by atoms with Crippen molar-refractivity contribution < 1.29 is 0 Å². The van der Waals surface area contributed by atoms with Gasteiger partial charge in [-0.2, -0.15) is 0 Å². The van der Waals surface area contributed by atoms with Crippen LogP contribution in [-0.2, 0) is 13.5 Å². The number of aryl methyl sites for hydroxylation is 2. The van der Waals surface area contributed by atoms with Gasteiger partial charge in [0.1, 0.15) is 18.9 Å². The molecule has 1 fully saturated rings. The maximum Gasteiger partial charge on any atom is 0.337 e. The Morgan fingerprint density at radius 2 is 1.73 bits per heavy atom. The monoisotopic (exact) mass is 438 g/mol. The zero-order valence-electron chi connectivity index (χ0n) is 18.5. The summed E-state index contributed by atoms with van der Waals surface area (Å²) in [4.78, 5) is 40.2. The van der Waals surface area contributed by atoms with Crippen LogP contribution in [0, 0.1) is 0 Å². The van der Waals surface area contributed by atoms with E-state index in [9.17, 15) is 14.4 Å². The molecule has 33 heavy (non-hydrogen) atoms. The first kappa shape index (κ1) is 21.1. The van der Waals surface area contributed by atoms with Gasteiger partial charge in [0.2, 0.25) is 0 Å². The Hall–Kier alpha value is -3.81. The minimum atomic E-state index is -0.435. The molecule has 2 aromatic heterocycles. The highest BCUT2D eigenvalue weighted by molar-refractivity contribution is 6.32. The molecular formula is C25H23BN4O3. The number of rotatable bonds is 5. The topological polar surface area (TPSA) is 78.0 Å². The van der Waals surface area contributed by atoms with Crippen LogP contribution >= 0.6 is 0 Å². The highest BCUT2D eigenvalue weighted by Crippen LogP contribution is 2.33. The van der Waals surface area contributed by atoms with E-state index in [2.05, 4.69) is 5.32 Å². The van der Waals surface area contributed by atoms with E-state index in [1.165, 1.54) is 19.8 Å². The maximum absolute atomic E-state index is 13.7. The molecule has 2 heterocycles. The molecule has 1 N–H and O–H groups in total. The molecule has 0 spiro atoms. The van der Waals surface area contributed by atoms with Crippen LogP contribution in [0.1, 0.15) is 31.4 Å². The Morgan fingerprint density at radius 1 is 1.00 bits per heavy atom. The molecule has 0 aliphatic heterocycles. The number of aromatic nitrogens is 3. The van der Waals surface area contributed by atoms with E-state index < -0.39 is 11.2 Å². The number of para-hydroxylation sites is 1. The molecular weight excluding hydrogens is 415 g/mol. The van der Waals surface area contributed by atoms with E-state index in [0.717, 1.165) is 30.5 Å². The molecule has 164 valence electrons. The van der Waals surface area contributed by atoms with Crippen LogP contribution in [0.4, 0.5) is 11.4 Å². The summed E-state index contributed by atoms with van der Waals surface area (Å²) in [5.74, 6) is 0. The standard InChI is InChI=1S/C25H23BN4O3/c1-3-15-13-16(26)9-12-19(15)27-20-14-21(31)28(2)23-22(20)24(32)30(18-10-11-18)25(33)29(23)17-7-5-4-6-8-17/h4-9,12-14,18,27H,3,10-11H2,1-2H3. The van der Waals surface area contributed by atoms with Gasteiger partial charge in [-0.1, -0.05) is 42.7 Å². The summed E-state index contributed by atoms with van der Waals surface area (Å²) in [6, 6.07) is 15.8. The second-order valence-electron chi connectivity index (χ2n) is 8.41. The van der Waals surface area contributed by atoms with E-state index in [4.69, 9.17) is 7.85 Å². The first-order valence-electron chi connectivity index (χ1n) is 11.0. The molecule has 1 aliphatic rings. The van der Waals surface area contributed by atoms with Crippen LogP contribution in [0.5, 0.6) is 0 Å². The van der Waals surface area contributed by atoms with E-state index in [1.54, 1.807) is 25.2 Å². The van der Waals surface area contributed by atoms with Gasteiger partial charge in [-0.25, -0.2) is 9.36 Å². The van der Waals surface area contributed by atoms with Crippen molar-refractivity contribution >= 4 is 35.7 Å². The number of hydrogen-bond donors (Lipinski definition) is 1. The molecule has 8 heteroatoms. The van der Waals surface area contributed by atoms with Gasteiger partial charge in [0, 0.05) is 24.8 Å². The molecule has 0 amide bonds. The van der Waals surface area contributed by atoms with Crippen LogP contribution in [0.2, 0.25) is 0 Å². The summed E-state index contributed by atoms with van der Waals surface area (Å²) in [5, 5.41) is 3.59. The lowest BCUT2D eigenvalue weighted by Crippen LogP contribution is -2.41. The second kappa shape index (κ2) is 7.96. The molecule has 0 unspecified atom stereocenters. The van der Waals surface area contributed by atoms with Crippen molar-refractivity contribution in [3.8, 4) is 5.69 Å². The van der Waals surface area contributed by atoms with Gasteiger partial charge in [0.25, 0.3) is 11.1 Å². The molecule has 2 radical (unpaired) electrons. The van der Waals surface area contributed by atoms with Gasteiger partial charge < -0.3 is 5.32 Å². The average molecular weight is 438 g/mol.